The highest BCUT2D eigenvalue weighted by atomic mass is 79.9. The Morgan fingerprint density at radius 2 is 1.54 bits per heavy atom. The SMILES string of the molecule is O=C(c1cccc([N+](=O)[O-])c1)N(Cc1ccccc1[N+](=O)[O-])N1C(=O)[C@H]2C[C@@H](Br)[C@@H](Br)C[C@H]2C1=O. The van der Waals surface area contributed by atoms with Crippen molar-refractivity contribution < 1.29 is 24.2 Å². The summed E-state index contributed by atoms with van der Waals surface area (Å²) in [4.78, 5) is 61.8. The number of rotatable bonds is 6. The van der Waals surface area contributed by atoms with Gasteiger partial charge in [0.25, 0.3) is 29.1 Å². The largest absolute Gasteiger partial charge is 0.274 e. The lowest BCUT2D eigenvalue weighted by molar-refractivity contribution is -0.385. The van der Waals surface area contributed by atoms with Crippen molar-refractivity contribution in [1.29, 1.82) is 0 Å². The molecular weight excluding hydrogens is 592 g/mol. The van der Waals surface area contributed by atoms with Crippen LogP contribution in [0.5, 0.6) is 0 Å². The minimum atomic E-state index is -0.863. The molecule has 1 aliphatic heterocycles. The molecule has 182 valence electrons. The smallest absolute Gasteiger partial charge is 0.272 e. The van der Waals surface area contributed by atoms with E-state index in [2.05, 4.69) is 31.9 Å². The zero-order valence-electron chi connectivity index (χ0n) is 18.0. The number of carbonyl (C=O) groups is 3. The lowest BCUT2D eigenvalue weighted by atomic mass is 9.81. The summed E-state index contributed by atoms with van der Waals surface area (Å²) in [6, 6.07) is 10.6. The van der Waals surface area contributed by atoms with Gasteiger partial charge in [0.15, 0.2) is 0 Å². The number of hydrazine groups is 1. The number of hydrogen-bond donors (Lipinski definition) is 0. The van der Waals surface area contributed by atoms with Gasteiger partial charge in [-0.1, -0.05) is 56.1 Å². The van der Waals surface area contributed by atoms with Crippen LogP contribution in [-0.4, -0.2) is 47.2 Å². The molecule has 0 bridgehead atoms. The van der Waals surface area contributed by atoms with E-state index < -0.39 is 45.9 Å². The van der Waals surface area contributed by atoms with Crippen molar-refractivity contribution in [3.8, 4) is 0 Å². The number of nitro benzene ring substituents is 2. The Kier molecular flexibility index (Phi) is 6.99. The lowest BCUT2D eigenvalue weighted by Crippen LogP contribution is -2.49. The molecule has 1 aliphatic carbocycles. The Morgan fingerprint density at radius 3 is 2.11 bits per heavy atom. The van der Waals surface area contributed by atoms with Crippen molar-refractivity contribution in [2.75, 3.05) is 0 Å². The molecule has 0 aromatic heterocycles. The van der Waals surface area contributed by atoms with Gasteiger partial charge in [-0.15, -0.1) is 0 Å². The Bertz CT molecular complexity index is 1210. The van der Waals surface area contributed by atoms with Gasteiger partial charge in [0.2, 0.25) is 0 Å². The highest BCUT2D eigenvalue weighted by Crippen LogP contribution is 2.44. The number of amides is 3. The van der Waals surface area contributed by atoms with Crippen LogP contribution < -0.4 is 0 Å². The van der Waals surface area contributed by atoms with Crippen LogP contribution in [0.3, 0.4) is 0 Å². The molecule has 11 nitrogen and oxygen atoms in total. The Labute approximate surface area is 215 Å². The highest BCUT2D eigenvalue weighted by molar-refractivity contribution is 9.12. The second-order valence-corrected chi connectivity index (χ2v) is 10.6. The number of benzene rings is 2. The standard InChI is InChI=1S/C22H18Br2N4O7/c23-17-9-15-16(10-18(17)24)22(31)26(21(15)30)25(11-13-4-1-2-7-19(13)28(34)35)20(29)12-5-3-6-14(8-12)27(32)33/h1-8,15-18H,9-11H2/t15-,16+,17+,18-. The summed E-state index contributed by atoms with van der Waals surface area (Å²) in [5.74, 6) is -3.35. The summed E-state index contributed by atoms with van der Waals surface area (Å²) >= 11 is 7.03. The van der Waals surface area contributed by atoms with Gasteiger partial charge in [0.1, 0.15) is 0 Å². The molecule has 0 unspecified atom stereocenters. The van der Waals surface area contributed by atoms with Crippen molar-refractivity contribution >= 4 is 61.0 Å². The Hall–Kier alpha value is -3.19. The van der Waals surface area contributed by atoms with E-state index in [-0.39, 0.29) is 32.2 Å². The predicted octanol–water partition coefficient (Wildman–Crippen LogP) is 3.98. The summed E-state index contributed by atoms with van der Waals surface area (Å²) in [6.07, 6.45) is 0.734. The van der Waals surface area contributed by atoms with Gasteiger partial charge in [0.05, 0.1) is 33.8 Å². The van der Waals surface area contributed by atoms with E-state index in [1.54, 1.807) is 0 Å². The summed E-state index contributed by atoms with van der Waals surface area (Å²) in [5, 5.41) is 24.4. The van der Waals surface area contributed by atoms with Gasteiger partial charge < -0.3 is 0 Å². The third-order valence-electron chi connectivity index (χ3n) is 6.18. The van der Waals surface area contributed by atoms with Crippen LogP contribution in [0.15, 0.2) is 48.5 Å². The molecule has 4 rings (SSSR count). The molecule has 0 N–H and O–H groups in total. The average molecular weight is 610 g/mol. The maximum absolute atomic E-state index is 13.6. The zero-order valence-corrected chi connectivity index (χ0v) is 21.1. The number of alkyl halides is 2. The number of non-ortho nitro benzene ring substituents is 1. The van der Waals surface area contributed by atoms with Crippen LogP contribution in [0.4, 0.5) is 11.4 Å². The van der Waals surface area contributed by atoms with Gasteiger partial charge in [-0.05, 0) is 18.9 Å². The number of imide groups is 1. The van der Waals surface area contributed by atoms with Gasteiger partial charge in [-0.3, -0.25) is 34.6 Å². The van der Waals surface area contributed by atoms with E-state index in [1.807, 2.05) is 0 Å². The first-order chi connectivity index (χ1) is 16.6. The maximum atomic E-state index is 13.6. The van der Waals surface area contributed by atoms with Crippen LogP contribution in [0.1, 0.15) is 28.8 Å². The number of nitro groups is 2. The molecule has 2 fully saturated rings. The van der Waals surface area contributed by atoms with Gasteiger partial charge in [-0.2, -0.15) is 5.01 Å². The first kappa shape index (κ1) is 24.9. The Morgan fingerprint density at radius 1 is 0.943 bits per heavy atom. The monoisotopic (exact) mass is 608 g/mol. The maximum Gasteiger partial charge on any atom is 0.274 e. The van der Waals surface area contributed by atoms with Crippen molar-refractivity contribution in [1.82, 2.24) is 10.0 Å². The molecule has 1 heterocycles. The lowest BCUT2D eigenvalue weighted by Gasteiger charge is -2.30. The van der Waals surface area contributed by atoms with Crippen molar-refractivity contribution in [3.63, 3.8) is 0 Å². The zero-order chi connectivity index (χ0) is 25.4. The predicted molar refractivity (Wildman–Crippen MR) is 130 cm³/mol. The van der Waals surface area contributed by atoms with Crippen molar-refractivity contribution in [2.45, 2.75) is 29.0 Å². The van der Waals surface area contributed by atoms with Gasteiger partial charge in [0, 0.05) is 33.4 Å². The number of hydrogen-bond acceptors (Lipinski definition) is 7. The fourth-order valence-electron chi connectivity index (χ4n) is 4.43. The topological polar surface area (TPSA) is 144 Å². The normalized spacial score (nSPS) is 23.7. The molecular formula is C22H18Br2N4O7. The van der Waals surface area contributed by atoms with Crippen LogP contribution in [0, 0.1) is 32.1 Å². The van der Waals surface area contributed by atoms with Crippen molar-refractivity contribution in [3.05, 3.63) is 79.9 Å². The Balaban J connectivity index is 1.78. The molecule has 2 aromatic carbocycles. The molecule has 35 heavy (non-hydrogen) atoms. The number of para-hydroxylation sites is 1. The number of nitrogens with zero attached hydrogens (tertiary/aromatic N) is 4. The summed E-state index contributed by atoms with van der Waals surface area (Å²) in [6.45, 7) is -0.453. The molecule has 1 saturated carbocycles. The van der Waals surface area contributed by atoms with Gasteiger partial charge in [-0.25, -0.2) is 5.01 Å². The second kappa shape index (κ2) is 9.82. The minimum absolute atomic E-state index is 0.0587. The van der Waals surface area contributed by atoms with E-state index in [0.29, 0.717) is 12.8 Å². The summed E-state index contributed by atoms with van der Waals surface area (Å²) in [7, 11) is 0. The second-order valence-electron chi connectivity index (χ2n) is 8.26. The van der Waals surface area contributed by atoms with E-state index in [0.717, 1.165) is 16.1 Å². The first-order valence-electron chi connectivity index (χ1n) is 10.5. The van der Waals surface area contributed by atoms with E-state index in [9.17, 15) is 34.6 Å². The van der Waals surface area contributed by atoms with Gasteiger partial charge >= 0.3 is 0 Å². The molecule has 2 aliphatic rings. The molecule has 0 spiro atoms. The molecule has 3 amide bonds. The fourth-order valence-corrected chi connectivity index (χ4v) is 5.67. The molecule has 0 radical (unpaired) electrons. The third kappa shape index (κ3) is 4.69. The first-order valence-corrected chi connectivity index (χ1v) is 12.4. The fraction of sp³-hybridized carbons (Fsp3) is 0.318. The van der Waals surface area contributed by atoms with E-state index >= 15 is 0 Å². The molecule has 1 saturated heterocycles. The minimum Gasteiger partial charge on any atom is -0.272 e. The van der Waals surface area contributed by atoms with Crippen LogP contribution >= 0.6 is 31.9 Å². The number of carbonyl (C=O) groups excluding carboxylic acids is 3. The van der Waals surface area contributed by atoms with Crippen LogP contribution in [0.25, 0.3) is 0 Å². The number of halogens is 2. The quantitative estimate of drug-likeness (QED) is 0.208. The molecule has 13 heteroatoms. The highest BCUT2D eigenvalue weighted by Gasteiger charge is 2.54. The van der Waals surface area contributed by atoms with Crippen LogP contribution in [-0.2, 0) is 16.1 Å². The van der Waals surface area contributed by atoms with Crippen molar-refractivity contribution in [2.24, 2.45) is 11.8 Å². The third-order valence-corrected chi connectivity index (χ3v) is 8.91. The molecule has 4 atom stereocenters. The van der Waals surface area contributed by atoms with E-state index in [4.69, 9.17) is 0 Å². The number of fused-ring (bicyclic) bond motifs is 1. The molecule has 2 aromatic rings. The average Bonchev–Trinajstić information content (AvgIpc) is 3.06. The summed E-state index contributed by atoms with van der Waals surface area (Å²) in [5.41, 5.74) is -0.672. The summed E-state index contributed by atoms with van der Waals surface area (Å²) < 4.78 is 0. The van der Waals surface area contributed by atoms with E-state index in [1.165, 1.54) is 42.5 Å². The van der Waals surface area contributed by atoms with Crippen LogP contribution in [0.2, 0.25) is 0 Å².